The lowest BCUT2D eigenvalue weighted by molar-refractivity contribution is 0.478. The first kappa shape index (κ1) is 36.6. The molecule has 14 aromatic rings. The number of rotatable bonds is 4. The summed E-state index contributed by atoms with van der Waals surface area (Å²) >= 11 is 0. The first-order chi connectivity index (χ1) is 32.5. The maximum absolute atomic E-state index is 15.1. The number of phenolic OH excluding ortho intramolecular Hbond substituents is 2. The number of hydrogen-bond acceptors (Lipinski definition) is 4. The van der Waals surface area contributed by atoms with Gasteiger partial charge in [-0.25, -0.2) is 0 Å². The fourth-order valence-electron chi connectivity index (χ4n) is 11.5. The molecule has 0 aliphatic carbocycles. The Morgan fingerprint density at radius 2 is 0.455 bits per heavy atom. The quantitative estimate of drug-likeness (QED) is 0.137. The molecule has 0 unspecified atom stereocenters. The molecule has 0 heterocycles. The second-order valence-corrected chi connectivity index (χ2v) is 17.5. The van der Waals surface area contributed by atoms with Crippen LogP contribution in [0.2, 0.25) is 0 Å². The smallest absolute Gasteiger partial charge is 0.198 e. The van der Waals surface area contributed by atoms with Gasteiger partial charge in [0.05, 0.1) is 10.8 Å². The Morgan fingerprint density at radius 3 is 0.712 bits per heavy atom. The van der Waals surface area contributed by atoms with Crippen LogP contribution in [0.15, 0.2) is 204 Å². The zero-order valence-corrected chi connectivity index (χ0v) is 35.2. The van der Waals surface area contributed by atoms with Gasteiger partial charge in [-0.2, -0.15) is 0 Å². The van der Waals surface area contributed by atoms with E-state index in [0.29, 0.717) is 10.8 Å². The van der Waals surface area contributed by atoms with E-state index in [2.05, 4.69) is 97.1 Å². The van der Waals surface area contributed by atoms with Gasteiger partial charge in [-0.15, -0.1) is 0 Å². The minimum atomic E-state index is -0.499. The van der Waals surface area contributed by atoms with Gasteiger partial charge in [0.15, 0.2) is 10.9 Å². The van der Waals surface area contributed by atoms with Crippen molar-refractivity contribution in [1.29, 1.82) is 0 Å². The summed E-state index contributed by atoms with van der Waals surface area (Å²) in [6.45, 7) is 0. The van der Waals surface area contributed by atoms with Crippen LogP contribution >= 0.6 is 0 Å². The summed E-state index contributed by atoms with van der Waals surface area (Å²) < 4.78 is 0. The lowest BCUT2D eigenvalue weighted by atomic mass is 9.78. The molecule has 0 aliphatic heterocycles. The van der Waals surface area contributed by atoms with E-state index < -0.39 is 10.9 Å². The average molecular weight is 843 g/mol. The van der Waals surface area contributed by atoms with E-state index in [1.807, 2.05) is 97.1 Å². The van der Waals surface area contributed by atoms with Crippen LogP contribution in [0.4, 0.5) is 0 Å². The molecule has 66 heavy (non-hydrogen) atoms. The third kappa shape index (κ3) is 4.72. The highest BCUT2D eigenvalue weighted by Gasteiger charge is 2.29. The first-order valence-corrected chi connectivity index (χ1v) is 22.2. The summed E-state index contributed by atoms with van der Waals surface area (Å²) in [6.07, 6.45) is 0. The Hall–Kier alpha value is -8.86. The van der Waals surface area contributed by atoms with Crippen molar-refractivity contribution in [3.8, 4) is 56.0 Å². The highest BCUT2D eigenvalue weighted by molar-refractivity contribution is 6.42. The normalized spacial score (nSPS) is 12.2. The number of phenols is 2. The highest BCUT2D eigenvalue weighted by Crippen LogP contribution is 2.55. The molecule has 2 N–H and O–H groups in total. The minimum absolute atomic E-state index is 0.171. The van der Waals surface area contributed by atoms with E-state index >= 15 is 9.59 Å². The van der Waals surface area contributed by atoms with Crippen LogP contribution in [-0.4, -0.2) is 10.2 Å². The number of benzene rings is 12. The Morgan fingerprint density at radius 1 is 0.227 bits per heavy atom. The van der Waals surface area contributed by atoms with Gasteiger partial charge in [-0.3, -0.25) is 9.59 Å². The lowest BCUT2D eigenvalue weighted by Gasteiger charge is -2.24. The summed E-state index contributed by atoms with van der Waals surface area (Å²) in [4.78, 5) is 30.1. The summed E-state index contributed by atoms with van der Waals surface area (Å²) in [5.74, 6) is -0.623. The third-order valence-electron chi connectivity index (χ3n) is 14.3. The molecule has 0 saturated carbocycles. The molecular weight excluding hydrogens is 809 g/mol. The molecule has 14 aromatic carbocycles. The van der Waals surface area contributed by atoms with Gasteiger partial charge in [0.1, 0.15) is 11.5 Å². The van der Waals surface area contributed by atoms with Crippen molar-refractivity contribution in [1.82, 2.24) is 0 Å². The molecule has 0 aromatic heterocycles. The Bertz CT molecular complexity index is 4190. The molecule has 306 valence electrons. The van der Waals surface area contributed by atoms with E-state index in [0.717, 1.165) is 109 Å². The second-order valence-electron chi connectivity index (χ2n) is 17.5. The molecule has 4 heteroatoms. The number of hydrogen-bond donors (Lipinski definition) is 2. The van der Waals surface area contributed by atoms with E-state index in [-0.39, 0.29) is 33.0 Å². The molecular formula is C62H34O4. The van der Waals surface area contributed by atoms with Crippen molar-refractivity contribution in [3.05, 3.63) is 215 Å². The fraction of sp³-hybridized carbons (Fsp3) is 0. The van der Waals surface area contributed by atoms with Crippen molar-refractivity contribution in [2.75, 3.05) is 0 Å². The zero-order valence-electron chi connectivity index (χ0n) is 35.2. The van der Waals surface area contributed by atoms with E-state index in [4.69, 9.17) is 0 Å². The van der Waals surface area contributed by atoms with Crippen molar-refractivity contribution >= 4 is 97.0 Å². The van der Waals surface area contributed by atoms with Crippen LogP contribution in [0.3, 0.4) is 0 Å². The van der Waals surface area contributed by atoms with Gasteiger partial charge in [0, 0.05) is 21.5 Å². The van der Waals surface area contributed by atoms with Crippen molar-refractivity contribution in [3.63, 3.8) is 0 Å². The molecule has 0 aliphatic rings. The summed E-state index contributed by atoms with van der Waals surface area (Å²) in [5, 5.41) is 37.5. The molecule has 0 spiro atoms. The predicted octanol–water partition coefficient (Wildman–Crippen LogP) is 15.2. The molecule has 0 radical (unpaired) electrons. The van der Waals surface area contributed by atoms with Crippen LogP contribution in [0.5, 0.6) is 11.5 Å². The zero-order chi connectivity index (χ0) is 43.9. The lowest BCUT2D eigenvalue weighted by Crippen LogP contribution is -2.14. The monoisotopic (exact) mass is 842 g/mol. The van der Waals surface area contributed by atoms with Crippen molar-refractivity contribution in [2.45, 2.75) is 0 Å². The maximum Gasteiger partial charge on any atom is 0.198 e. The summed E-state index contributed by atoms with van der Waals surface area (Å²) in [6, 6.07) is 65.5. The van der Waals surface area contributed by atoms with E-state index in [1.54, 1.807) is 0 Å². The first-order valence-electron chi connectivity index (χ1n) is 22.2. The van der Waals surface area contributed by atoms with Crippen LogP contribution < -0.4 is 10.9 Å². The molecule has 14 rings (SSSR count). The molecule has 0 fully saturated rings. The fourth-order valence-corrected chi connectivity index (χ4v) is 11.5. The number of aromatic hydroxyl groups is 2. The van der Waals surface area contributed by atoms with Gasteiger partial charge in [0.2, 0.25) is 0 Å². The predicted molar refractivity (Wildman–Crippen MR) is 275 cm³/mol. The Kier molecular flexibility index (Phi) is 7.40. The summed E-state index contributed by atoms with van der Waals surface area (Å²) in [7, 11) is 0. The number of fused-ring (bicyclic) bond motifs is 13. The Balaban J connectivity index is 1.11. The minimum Gasteiger partial charge on any atom is -0.506 e. The Labute approximate surface area is 376 Å². The van der Waals surface area contributed by atoms with Crippen LogP contribution in [-0.2, 0) is 0 Å². The largest absolute Gasteiger partial charge is 0.506 e. The van der Waals surface area contributed by atoms with Gasteiger partial charge in [-0.1, -0.05) is 170 Å². The van der Waals surface area contributed by atoms with Gasteiger partial charge < -0.3 is 10.2 Å². The topological polar surface area (TPSA) is 74.6 Å². The molecule has 0 atom stereocenters. The SMILES string of the molecule is O=c1c2cc3c(cc2c(=O)c2c(O)c4cc5c(cc4c(O)c12)c1c(-c2ccccc2)c2ccccc2c(-c2ccccc2)c51)c1c(-c2ccccc2)c2ccccc2c(-c2ccccc2)c31. The van der Waals surface area contributed by atoms with Crippen LogP contribution in [0.1, 0.15) is 0 Å². The van der Waals surface area contributed by atoms with Gasteiger partial charge in [-0.05, 0) is 133 Å². The van der Waals surface area contributed by atoms with Gasteiger partial charge >= 0.3 is 0 Å². The second kappa shape index (κ2) is 13.3. The molecule has 0 bridgehead atoms. The standard InChI is InChI=1S/C62H34O4/c63-59-45-29-41-42(54-50(34-19-7-2-8-20-34)38-26-14-13-25-37(38)49(53(41)54)33-17-5-1-6-18-33)30-46(45)60(64)58-57(59)61(65)47-31-43-44(32-48(47)62(58)66)56-52(36-23-11-4-12-24-36)40-28-16-15-27-39(40)51(55(43)56)35-21-9-3-10-22-35/h1-32,63-64H. The highest BCUT2D eigenvalue weighted by atomic mass is 16.3. The van der Waals surface area contributed by atoms with Crippen molar-refractivity contribution in [2.24, 2.45) is 0 Å². The van der Waals surface area contributed by atoms with Crippen molar-refractivity contribution < 1.29 is 10.2 Å². The van der Waals surface area contributed by atoms with Crippen LogP contribution in [0, 0.1) is 0 Å². The average Bonchev–Trinajstić information content (AvgIpc) is 3.37. The van der Waals surface area contributed by atoms with E-state index in [1.165, 1.54) is 0 Å². The molecule has 0 saturated heterocycles. The van der Waals surface area contributed by atoms with E-state index in [9.17, 15) is 10.2 Å². The molecule has 0 amide bonds. The maximum atomic E-state index is 15.1. The van der Waals surface area contributed by atoms with Gasteiger partial charge in [0.25, 0.3) is 0 Å². The molecule has 4 nitrogen and oxygen atoms in total. The summed E-state index contributed by atoms with van der Waals surface area (Å²) in [5.41, 5.74) is 7.49. The third-order valence-corrected chi connectivity index (χ3v) is 14.3. The van der Waals surface area contributed by atoms with Crippen LogP contribution in [0.25, 0.3) is 141 Å².